The molecule has 0 unspecified atom stereocenters. The van der Waals surface area contributed by atoms with Crippen LogP contribution in [0.3, 0.4) is 0 Å². The molecule has 0 aliphatic carbocycles. The Morgan fingerprint density at radius 2 is 0.938 bits per heavy atom. The van der Waals surface area contributed by atoms with Gasteiger partial charge < -0.3 is 8.83 Å². The minimum atomic E-state index is 0.502. The van der Waals surface area contributed by atoms with Crippen LogP contribution in [0.15, 0.2) is 154 Å². The molecule has 0 bridgehead atoms. The van der Waals surface area contributed by atoms with Crippen LogP contribution < -0.4 is 0 Å². The summed E-state index contributed by atoms with van der Waals surface area (Å²) in [6.07, 6.45) is 0. The molecular formula is C44H24N2O2. The van der Waals surface area contributed by atoms with Gasteiger partial charge in [0.25, 0.3) is 0 Å². The van der Waals surface area contributed by atoms with E-state index < -0.39 is 0 Å². The van der Waals surface area contributed by atoms with Crippen molar-refractivity contribution in [2.75, 3.05) is 0 Å². The first-order chi connectivity index (χ1) is 23.7. The number of hydrogen-bond acceptors (Lipinski definition) is 4. The zero-order chi connectivity index (χ0) is 32.2. The van der Waals surface area contributed by atoms with Crippen molar-refractivity contribution in [1.82, 2.24) is 0 Å². The summed E-state index contributed by atoms with van der Waals surface area (Å²) in [5, 5.41) is 25.3. The van der Waals surface area contributed by atoms with Gasteiger partial charge in [0.1, 0.15) is 28.4 Å². The van der Waals surface area contributed by atoms with Crippen molar-refractivity contribution in [1.29, 1.82) is 10.5 Å². The molecule has 0 N–H and O–H groups in total. The summed E-state index contributed by atoms with van der Waals surface area (Å²) in [6.45, 7) is 0. The van der Waals surface area contributed by atoms with Crippen molar-refractivity contribution in [2.45, 2.75) is 0 Å². The summed E-state index contributed by atoms with van der Waals surface area (Å²) in [5.74, 6) is 0. The molecule has 222 valence electrons. The van der Waals surface area contributed by atoms with Gasteiger partial charge in [-0.3, -0.25) is 0 Å². The standard InChI is InChI=1S/C44H24N2O2/c45-25-30-12-4-5-13-31(30)35-24-34(28-18-20-41-36(22-28)32-14-6-8-16-39(32)47-41)43(27-10-2-1-3-11-27)44(38(35)26-46)29-19-21-42-37(23-29)33-15-7-9-17-40(33)48-42/h1-24H. The molecule has 0 aliphatic rings. The first-order valence-electron chi connectivity index (χ1n) is 15.7. The molecule has 0 saturated carbocycles. The van der Waals surface area contributed by atoms with Gasteiger partial charge >= 0.3 is 0 Å². The Labute approximate surface area is 275 Å². The zero-order valence-corrected chi connectivity index (χ0v) is 25.6. The lowest BCUT2D eigenvalue weighted by Crippen LogP contribution is -1.99. The SMILES string of the molecule is N#Cc1ccccc1-c1cc(-c2ccc3oc4ccccc4c3c2)c(-c2ccccc2)c(-c2ccc3oc4ccccc4c3c2)c1C#N. The predicted octanol–water partition coefficient (Wildman–Crippen LogP) is 11.9. The Morgan fingerprint density at radius 1 is 0.375 bits per heavy atom. The monoisotopic (exact) mass is 612 g/mol. The molecule has 9 aromatic rings. The Morgan fingerprint density at radius 3 is 1.60 bits per heavy atom. The van der Waals surface area contributed by atoms with Crippen LogP contribution in [0.25, 0.3) is 88.4 Å². The van der Waals surface area contributed by atoms with Crippen LogP contribution in [0, 0.1) is 22.7 Å². The van der Waals surface area contributed by atoms with E-state index in [1.54, 1.807) is 6.07 Å². The zero-order valence-electron chi connectivity index (χ0n) is 25.6. The largest absolute Gasteiger partial charge is 0.456 e. The van der Waals surface area contributed by atoms with E-state index in [0.717, 1.165) is 77.3 Å². The fraction of sp³-hybridized carbons (Fsp3) is 0. The number of nitriles is 2. The molecule has 2 heterocycles. The van der Waals surface area contributed by atoms with Gasteiger partial charge in [0.05, 0.1) is 17.2 Å². The van der Waals surface area contributed by atoms with Crippen LogP contribution in [-0.4, -0.2) is 0 Å². The number of furan rings is 2. The first kappa shape index (κ1) is 27.4. The highest BCUT2D eigenvalue weighted by atomic mass is 16.3. The molecule has 0 aliphatic heterocycles. The van der Waals surface area contributed by atoms with Crippen molar-refractivity contribution in [3.8, 4) is 56.6 Å². The molecule has 0 fully saturated rings. The molecule has 0 saturated heterocycles. The molecule has 9 rings (SSSR count). The lowest BCUT2D eigenvalue weighted by molar-refractivity contribution is 0.668. The molecule has 4 heteroatoms. The maximum atomic E-state index is 11.0. The van der Waals surface area contributed by atoms with E-state index in [0.29, 0.717) is 22.3 Å². The molecule has 0 amide bonds. The van der Waals surface area contributed by atoms with Crippen LogP contribution in [0.2, 0.25) is 0 Å². The average Bonchev–Trinajstić information content (AvgIpc) is 3.72. The van der Waals surface area contributed by atoms with Gasteiger partial charge in [-0.25, -0.2) is 0 Å². The van der Waals surface area contributed by atoms with Gasteiger partial charge in [0.15, 0.2) is 0 Å². The fourth-order valence-corrected chi connectivity index (χ4v) is 7.02. The van der Waals surface area contributed by atoms with Crippen LogP contribution in [-0.2, 0) is 0 Å². The molecule has 7 aromatic carbocycles. The van der Waals surface area contributed by atoms with Crippen LogP contribution in [0.4, 0.5) is 0 Å². The molecular weight excluding hydrogens is 588 g/mol. The third kappa shape index (κ3) is 4.22. The highest BCUT2D eigenvalue weighted by Gasteiger charge is 2.25. The predicted molar refractivity (Wildman–Crippen MR) is 192 cm³/mol. The quantitative estimate of drug-likeness (QED) is 0.198. The fourth-order valence-electron chi connectivity index (χ4n) is 7.02. The minimum absolute atomic E-state index is 0.502. The summed E-state index contributed by atoms with van der Waals surface area (Å²) in [6, 6.07) is 53.2. The molecule has 0 spiro atoms. The Bertz CT molecular complexity index is 2810. The van der Waals surface area contributed by atoms with Gasteiger partial charge in [-0.15, -0.1) is 0 Å². The lowest BCUT2D eigenvalue weighted by Gasteiger charge is -2.21. The lowest BCUT2D eigenvalue weighted by atomic mass is 9.80. The molecule has 48 heavy (non-hydrogen) atoms. The Balaban J connectivity index is 1.45. The van der Waals surface area contributed by atoms with Crippen molar-refractivity contribution in [2.24, 2.45) is 0 Å². The van der Waals surface area contributed by atoms with E-state index in [2.05, 4.69) is 60.7 Å². The van der Waals surface area contributed by atoms with Crippen LogP contribution >= 0.6 is 0 Å². The summed E-state index contributed by atoms with van der Waals surface area (Å²) in [5.41, 5.74) is 11.2. The second kappa shape index (κ2) is 10.9. The number of hydrogen-bond donors (Lipinski definition) is 0. The molecule has 4 nitrogen and oxygen atoms in total. The molecule has 0 radical (unpaired) electrons. The summed E-state index contributed by atoms with van der Waals surface area (Å²) < 4.78 is 12.4. The van der Waals surface area contributed by atoms with Crippen molar-refractivity contribution >= 4 is 43.9 Å². The third-order valence-corrected chi connectivity index (χ3v) is 9.19. The van der Waals surface area contributed by atoms with Crippen molar-refractivity contribution in [3.05, 3.63) is 157 Å². The highest BCUT2D eigenvalue weighted by Crippen LogP contribution is 2.48. The maximum Gasteiger partial charge on any atom is 0.135 e. The smallest absolute Gasteiger partial charge is 0.135 e. The van der Waals surface area contributed by atoms with Gasteiger partial charge in [-0.1, -0.05) is 97.1 Å². The highest BCUT2D eigenvalue weighted by molar-refractivity contribution is 6.10. The van der Waals surface area contributed by atoms with Gasteiger partial charge in [-0.2, -0.15) is 10.5 Å². The van der Waals surface area contributed by atoms with Crippen LogP contribution in [0.5, 0.6) is 0 Å². The summed E-state index contributed by atoms with van der Waals surface area (Å²) in [4.78, 5) is 0. The van der Waals surface area contributed by atoms with Crippen molar-refractivity contribution in [3.63, 3.8) is 0 Å². The average molecular weight is 613 g/mol. The number of nitrogens with zero attached hydrogens (tertiary/aromatic N) is 2. The molecule has 0 atom stereocenters. The summed E-state index contributed by atoms with van der Waals surface area (Å²) >= 11 is 0. The maximum absolute atomic E-state index is 11.0. The van der Waals surface area contributed by atoms with E-state index in [-0.39, 0.29) is 0 Å². The number of para-hydroxylation sites is 2. The number of rotatable bonds is 4. The van der Waals surface area contributed by atoms with E-state index in [1.807, 2.05) is 91.0 Å². The Hall–Kier alpha value is -6.88. The van der Waals surface area contributed by atoms with E-state index in [4.69, 9.17) is 8.83 Å². The molecule has 2 aromatic heterocycles. The third-order valence-electron chi connectivity index (χ3n) is 9.19. The topological polar surface area (TPSA) is 73.9 Å². The summed E-state index contributed by atoms with van der Waals surface area (Å²) in [7, 11) is 0. The van der Waals surface area contributed by atoms with E-state index in [9.17, 15) is 10.5 Å². The normalized spacial score (nSPS) is 11.3. The van der Waals surface area contributed by atoms with E-state index >= 15 is 0 Å². The second-order valence-corrected chi connectivity index (χ2v) is 11.9. The van der Waals surface area contributed by atoms with E-state index in [1.165, 1.54) is 0 Å². The second-order valence-electron chi connectivity index (χ2n) is 11.9. The van der Waals surface area contributed by atoms with Gasteiger partial charge in [0, 0.05) is 38.2 Å². The number of benzene rings is 7. The first-order valence-corrected chi connectivity index (χ1v) is 15.7. The van der Waals surface area contributed by atoms with Crippen molar-refractivity contribution < 1.29 is 8.83 Å². The number of fused-ring (bicyclic) bond motifs is 6. The van der Waals surface area contributed by atoms with Gasteiger partial charge in [0.2, 0.25) is 0 Å². The van der Waals surface area contributed by atoms with Crippen LogP contribution in [0.1, 0.15) is 11.1 Å². The Kier molecular flexibility index (Phi) is 6.22. The van der Waals surface area contributed by atoms with Gasteiger partial charge in [-0.05, 0) is 76.3 Å². The minimum Gasteiger partial charge on any atom is -0.456 e.